The van der Waals surface area contributed by atoms with Gasteiger partial charge >= 0.3 is 6.09 Å². The highest BCUT2D eigenvalue weighted by atomic mass is 35.5. The standard InChI is InChI=1S/C23H30ClN3O5/c1-14(2)8-20(22(30)26-18(13-28)11-16-6-7-25-21(16)29)27-12-19(32-23(27)31)10-15-4-3-5-17(24)9-15/h3-5,9,13-14,16,18-20H,6-8,10-12H2,1-2H3,(H,25,29)(H,26,30)/t16-,18-,19-,20-/m0/s1. The number of halogens is 1. The van der Waals surface area contributed by atoms with Crippen LogP contribution < -0.4 is 10.6 Å². The summed E-state index contributed by atoms with van der Waals surface area (Å²) in [6, 6.07) is 5.81. The summed E-state index contributed by atoms with van der Waals surface area (Å²) >= 11 is 6.04. The van der Waals surface area contributed by atoms with Crippen LogP contribution in [-0.4, -0.2) is 60.4 Å². The van der Waals surface area contributed by atoms with Gasteiger partial charge in [0.1, 0.15) is 18.4 Å². The predicted octanol–water partition coefficient (Wildman–Crippen LogP) is 2.33. The van der Waals surface area contributed by atoms with Crippen molar-refractivity contribution in [2.24, 2.45) is 11.8 Å². The Morgan fingerprint density at radius 2 is 2.16 bits per heavy atom. The molecule has 4 atom stereocenters. The van der Waals surface area contributed by atoms with Crippen LogP contribution in [0.2, 0.25) is 5.02 Å². The molecule has 174 valence electrons. The molecule has 2 aliphatic rings. The third-order valence-corrected chi connectivity index (χ3v) is 6.06. The van der Waals surface area contributed by atoms with E-state index in [1.807, 2.05) is 32.0 Å². The molecular formula is C23H30ClN3O5. The molecule has 0 aromatic heterocycles. The van der Waals surface area contributed by atoms with Gasteiger partial charge in [-0.3, -0.25) is 14.5 Å². The van der Waals surface area contributed by atoms with Crippen molar-refractivity contribution in [3.63, 3.8) is 0 Å². The maximum Gasteiger partial charge on any atom is 0.410 e. The van der Waals surface area contributed by atoms with Crippen molar-refractivity contribution >= 4 is 35.8 Å². The third-order valence-electron chi connectivity index (χ3n) is 5.82. The van der Waals surface area contributed by atoms with Crippen LogP contribution in [0.1, 0.15) is 38.7 Å². The molecule has 0 aliphatic carbocycles. The van der Waals surface area contributed by atoms with Crippen molar-refractivity contribution in [1.82, 2.24) is 15.5 Å². The first kappa shape index (κ1) is 24.0. The van der Waals surface area contributed by atoms with Crippen LogP contribution >= 0.6 is 11.6 Å². The van der Waals surface area contributed by atoms with Gasteiger partial charge in [-0.15, -0.1) is 0 Å². The molecule has 2 heterocycles. The number of hydrogen-bond acceptors (Lipinski definition) is 5. The van der Waals surface area contributed by atoms with Crippen LogP contribution in [-0.2, 0) is 25.5 Å². The molecule has 0 radical (unpaired) electrons. The zero-order valence-electron chi connectivity index (χ0n) is 18.4. The van der Waals surface area contributed by atoms with Crippen LogP contribution in [0.3, 0.4) is 0 Å². The largest absolute Gasteiger partial charge is 0.444 e. The fourth-order valence-electron chi connectivity index (χ4n) is 4.26. The molecule has 0 spiro atoms. The smallest absolute Gasteiger partial charge is 0.410 e. The minimum absolute atomic E-state index is 0.100. The highest BCUT2D eigenvalue weighted by Gasteiger charge is 2.40. The van der Waals surface area contributed by atoms with E-state index in [1.165, 1.54) is 4.90 Å². The number of aldehydes is 1. The van der Waals surface area contributed by atoms with E-state index in [1.54, 1.807) is 6.07 Å². The van der Waals surface area contributed by atoms with Gasteiger partial charge in [-0.2, -0.15) is 0 Å². The Kier molecular flexibility index (Phi) is 8.12. The lowest BCUT2D eigenvalue weighted by Gasteiger charge is -2.28. The van der Waals surface area contributed by atoms with E-state index in [4.69, 9.17) is 16.3 Å². The molecule has 1 aromatic rings. The number of carbonyl (C=O) groups is 4. The highest BCUT2D eigenvalue weighted by molar-refractivity contribution is 6.30. The number of cyclic esters (lactones) is 1. The number of nitrogens with zero attached hydrogens (tertiary/aromatic N) is 1. The summed E-state index contributed by atoms with van der Waals surface area (Å²) < 4.78 is 5.52. The average Bonchev–Trinajstić information content (AvgIpc) is 3.30. The number of hydrogen-bond donors (Lipinski definition) is 2. The molecule has 2 saturated heterocycles. The molecule has 0 bridgehead atoms. The Morgan fingerprint density at radius 3 is 2.78 bits per heavy atom. The van der Waals surface area contributed by atoms with Crippen LogP contribution in [0.25, 0.3) is 0 Å². The van der Waals surface area contributed by atoms with Gasteiger partial charge < -0.3 is 20.2 Å². The van der Waals surface area contributed by atoms with E-state index in [0.717, 1.165) is 5.56 Å². The Balaban J connectivity index is 1.66. The van der Waals surface area contributed by atoms with Crippen molar-refractivity contribution < 1.29 is 23.9 Å². The Bertz CT molecular complexity index is 862. The second-order valence-electron chi connectivity index (χ2n) is 8.90. The predicted molar refractivity (Wildman–Crippen MR) is 119 cm³/mol. The number of nitrogens with one attached hydrogen (secondary N) is 2. The quantitative estimate of drug-likeness (QED) is 0.518. The molecule has 3 amide bonds. The van der Waals surface area contributed by atoms with Crippen LogP contribution in [0.5, 0.6) is 0 Å². The number of benzene rings is 1. The monoisotopic (exact) mass is 463 g/mol. The lowest BCUT2D eigenvalue weighted by Crippen LogP contribution is -2.51. The summed E-state index contributed by atoms with van der Waals surface area (Å²) in [5, 5.41) is 6.08. The molecule has 0 unspecified atom stereocenters. The highest BCUT2D eigenvalue weighted by Crippen LogP contribution is 2.23. The minimum Gasteiger partial charge on any atom is -0.444 e. The molecule has 3 rings (SSSR count). The van der Waals surface area contributed by atoms with E-state index < -0.39 is 30.2 Å². The van der Waals surface area contributed by atoms with E-state index in [0.29, 0.717) is 37.1 Å². The van der Waals surface area contributed by atoms with Crippen molar-refractivity contribution in [2.45, 2.75) is 57.7 Å². The lowest BCUT2D eigenvalue weighted by molar-refractivity contribution is -0.129. The Morgan fingerprint density at radius 1 is 1.38 bits per heavy atom. The van der Waals surface area contributed by atoms with Crippen molar-refractivity contribution in [1.29, 1.82) is 0 Å². The maximum atomic E-state index is 13.1. The van der Waals surface area contributed by atoms with Gasteiger partial charge in [-0.05, 0) is 42.9 Å². The van der Waals surface area contributed by atoms with Gasteiger partial charge in [-0.25, -0.2) is 4.79 Å². The van der Waals surface area contributed by atoms with E-state index >= 15 is 0 Å². The second kappa shape index (κ2) is 10.8. The first-order valence-corrected chi connectivity index (χ1v) is 11.4. The van der Waals surface area contributed by atoms with Crippen LogP contribution in [0.4, 0.5) is 4.79 Å². The maximum absolute atomic E-state index is 13.1. The molecule has 2 aliphatic heterocycles. The van der Waals surface area contributed by atoms with Crippen LogP contribution in [0.15, 0.2) is 24.3 Å². The summed E-state index contributed by atoms with van der Waals surface area (Å²) in [6.07, 6.45) is 1.52. The Labute approximate surface area is 193 Å². The average molecular weight is 464 g/mol. The van der Waals surface area contributed by atoms with Gasteiger partial charge in [0, 0.05) is 23.9 Å². The lowest BCUT2D eigenvalue weighted by atomic mass is 9.97. The Hall–Kier alpha value is -2.61. The molecular weight excluding hydrogens is 434 g/mol. The number of carbonyl (C=O) groups excluding carboxylic acids is 4. The SMILES string of the molecule is CC(C)C[C@@H](C(=O)N[C@H](C=O)C[C@@H]1CCNC1=O)N1C[C@H](Cc2cccc(Cl)c2)OC1=O. The summed E-state index contributed by atoms with van der Waals surface area (Å²) in [6.45, 7) is 4.77. The number of ether oxygens (including phenoxy) is 1. The summed E-state index contributed by atoms with van der Waals surface area (Å²) in [7, 11) is 0. The van der Waals surface area contributed by atoms with Crippen molar-refractivity contribution in [3.8, 4) is 0 Å². The second-order valence-corrected chi connectivity index (χ2v) is 9.34. The van der Waals surface area contributed by atoms with Crippen molar-refractivity contribution in [2.75, 3.05) is 13.1 Å². The van der Waals surface area contributed by atoms with Gasteiger partial charge in [0.15, 0.2) is 0 Å². The number of amides is 3. The zero-order valence-corrected chi connectivity index (χ0v) is 19.1. The topological polar surface area (TPSA) is 105 Å². The van der Waals surface area contributed by atoms with Gasteiger partial charge in [-0.1, -0.05) is 37.6 Å². The fraction of sp³-hybridized carbons (Fsp3) is 0.565. The van der Waals surface area contributed by atoms with E-state index in [2.05, 4.69) is 10.6 Å². The molecule has 8 nitrogen and oxygen atoms in total. The number of rotatable bonds is 10. The van der Waals surface area contributed by atoms with Gasteiger partial charge in [0.2, 0.25) is 11.8 Å². The first-order valence-electron chi connectivity index (χ1n) is 11.0. The van der Waals surface area contributed by atoms with Gasteiger partial charge in [0.05, 0.1) is 12.6 Å². The molecule has 0 saturated carbocycles. The summed E-state index contributed by atoms with van der Waals surface area (Å²) in [4.78, 5) is 50.6. The first-order chi connectivity index (χ1) is 15.3. The summed E-state index contributed by atoms with van der Waals surface area (Å²) in [5.74, 6) is -0.667. The molecule has 2 fully saturated rings. The minimum atomic E-state index is -0.785. The molecule has 1 aromatic carbocycles. The fourth-order valence-corrected chi connectivity index (χ4v) is 4.47. The zero-order chi connectivity index (χ0) is 23.3. The van der Waals surface area contributed by atoms with Crippen LogP contribution in [0, 0.1) is 11.8 Å². The van der Waals surface area contributed by atoms with E-state index in [-0.39, 0.29) is 30.7 Å². The summed E-state index contributed by atoms with van der Waals surface area (Å²) in [5.41, 5.74) is 0.942. The molecule has 2 N–H and O–H groups in total. The molecule has 32 heavy (non-hydrogen) atoms. The third kappa shape index (κ3) is 6.22. The molecule has 9 heteroatoms. The van der Waals surface area contributed by atoms with Gasteiger partial charge in [0.25, 0.3) is 0 Å². The van der Waals surface area contributed by atoms with Crippen molar-refractivity contribution in [3.05, 3.63) is 34.9 Å². The normalized spacial score (nSPS) is 22.4. The van der Waals surface area contributed by atoms with E-state index in [9.17, 15) is 19.2 Å².